The Hall–Kier alpha value is -2.42. The summed E-state index contributed by atoms with van der Waals surface area (Å²) in [6.45, 7) is 2.24. The molecule has 0 heterocycles. The average Bonchev–Trinajstić information content (AvgIpc) is 2.65. The molecule has 0 atom stereocenters. The lowest BCUT2D eigenvalue weighted by Crippen LogP contribution is -2.06. The van der Waals surface area contributed by atoms with Crippen LogP contribution in [0.25, 0.3) is 11.1 Å². The smallest absolute Gasteiger partial charge is 0.311 e. The number of ketones is 1. The van der Waals surface area contributed by atoms with Crippen LogP contribution in [-0.4, -0.2) is 16.9 Å². The van der Waals surface area contributed by atoms with Crippen molar-refractivity contribution < 1.29 is 14.7 Å². The summed E-state index contributed by atoms with van der Waals surface area (Å²) in [5, 5.41) is 8.70. The van der Waals surface area contributed by atoms with Gasteiger partial charge in [0.05, 0.1) is 0 Å². The van der Waals surface area contributed by atoms with Gasteiger partial charge in [0, 0.05) is 5.56 Å². The minimum Gasteiger partial charge on any atom is -0.481 e. The second-order valence-corrected chi connectivity index (χ2v) is 6.79. The molecule has 0 saturated heterocycles. The number of aliphatic carboxylic acids is 1. The number of carbonyl (C=O) groups excluding carboxylic acids is 1. The fourth-order valence-corrected chi connectivity index (χ4v) is 3.06. The lowest BCUT2D eigenvalue weighted by molar-refractivity contribution is -0.135. The number of Topliss-reactive ketones (excluding diaryl/α,β-unsaturated/α-hetero) is 1. The van der Waals surface area contributed by atoms with E-state index >= 15 is 0 Å². The van der Waals surface area contributed by atoms with Crippen LogP contribution in [0.3, 0.4) is 0 Å². The molecule has 138 valence electrons. The first-order valence-corrected chi connectivity index (χ1v) is 9.54. The summed E-state index contributed by atoms with van der Waals surface area (Å²) in [4.78, 5) is 22.4. The molecule has 2 rings (SSSR count). The highest BCUT2D eigenvalue weighted by Crippen LogP contribution is 2.21. The predicted molar refractivity (Wildman–Crippen MR) is 106 cm³/mol. The van der Waals surface area contributed by atoms with Gasteiger partial charge < -0.3 is 5.11 Å². The van der Waals surface area contributed by atoms with E-state index in [1.54, 1.807) is 12.1 Å². The molecule has 0 fully saturated rings. The lowest BCUT2D eigenvalue weighted by Gasteiger charge is -2.06. The number of carboxylic acid groups (broad SMARTS) is 1. The third-order valence-corrected chi connectivity index (χ3v) is 4.62. The molecule has 0 bridgehead atoms. The van der Waals surface area contributed by atoms with Crippen LogP contribution < -0.4 is 0 Å². The Balaban J connectivity index is 1.87. The van der Waals surface area contributed by atoms with E-state index in [4.69, 9.17) is 5.11 Å². The molecule has 0 unspecified atom stereocenters. The zero-order valence-electron chi connectivity index (χ0n) is 15.5. The van der Waals surface area contributed by atoms with E-state index in [0.29, 0.717) is 5.56 Å². The summed E-state index contributed by atoms with van der Waals surface area (Å²) >= 11 is 0. The van der Waals surface area contributed by atoms with Gasteiger partial charge >= 0.3 is 5.97 Å². The lowest BCUT2D eigenvalue weighted by atomic mass is 9.99. The Kier molecular flexibility index (Phi) is 8.07. The molecule has 0 aromatic heterocycles. The van der Waals surface area contributed by atoms with Crippen molar-refractivity contribution >= 4 is 11.8 Å². The quantitative estimate of drug-likeness (QED) is 0.310. The van der Waals surface area contributed by atoms with Crippen molar-refractivity contribution in [2.75, 3.05) is 0 Å². The van der Waals surface area contributed by atoms with Gasteiger partial charge in [-0.25, -0.2) is 0 Å². The molecule has 0 amide bonds. The Morgan fingerprint density at radius 2 is 1.31 bits per heavy atom. The van der Waals surface area contributed by atoms with Crippen molar-refractivity contribution in [3.8, 4) is 11.1 Å². The van der Waals surface area contributed by atoms with E-state index < -0.39 is 12.4 Å². The van der Waals surface area contributed by atoms with Gasteiger partial charge in [-0.15, -0.1) is 0 Å². The number of hydrogen-bond acceptors (Lipinski definition) is 2. The summed E-state index contributed by atoms with van der Waals surface area (Å²) in [6, 6.07) is 15.7. The number of benzene rings is 2. The predicted octanol–water partition coefficient (Wildman–Crippen LogP) is 5.91. The Morgan fingerprint density at radius 1 is 0.769 bits per heavy atom. The summed E-state index contributed by atoms with van der Waals surface area (Å²) in [7, 11) is 0. The second-order valence-electron chi connectivity index (χ2n) is 6.79. The van der Waals surface area contributed by atoms with Crippen LogP contribution in [0, 0.1) is 0 Å². The van der Waals surface area contributed by atoms with E-state index in [1.807, 2.05) is 12.1 Å². The van der Waals surface area contributed by atoms with Gasteiger partial charge in [0.2, 0.25) is 0 Å². The molecule has 0 aliphatic rings. The molecule has 0 radical (unpaired) electrons. The summed E-state index contributed by atoms with van der Waals surface area (Å²) in [5.74, 6) is -1.46. The Morgan fingerprint density at radius 3 is 1.88 bits per heavy atom. The van der Waals surface area contributed by atoms with Gasteiger partial charge in [0.25, 0.3) is 0 Å². The number of unbranched alkanes of at least 4 members (excludes halogenated alkanes) is 5. The zero-order chi connectivity index (χ0) is 18.8. The monoisotopic (exact) mass is 352 g/mol. The normalized spacial score (nSPS) is 10.7. The zero-order valence-corrected chi connectivity index (χ0v) is 15.5. The topological polar surface area (TPSA) is 54.4 Å². The highest BCUT2D eigenvalue weighted by atomic mass is 16.4. The fraction of sp³-hybridized carbons (Fsp3) is 0.391. The molecule has 0 aliphatic heterocycles. The molecule has 1 N–H and O–H groups in total. The van der Waals surface area contributed by atoms with Crippen LogP contribution in [-0.2, 0) is 11.2 Å². The van der Waals surface area contributed by atoms with Crippen molar-refractivity contribution in [1.29, 1.82) is 0 Å². The maximum atomic E-state index is 11.8. The van der Waals surface area contributed by atoms with Crippen molar-refractivity contribution in [2.45, 2.75) is 58.3 Å². The van der Waals surface area contributed by atoms with E-state index in [1.165, 1.54) is 44.1 Å². The van der Waals surface area contributed by atoms with Crippen LogP contribution in [0.15, 0.2) is 48.5 Å². The van der Waals surface area contributed by atoms with Crippen molar-refractivity contribution in [1.82, 2.24) is 0 Å². The molecule has 2 aromatic rings. The highest BCUT2D eigenvalue weighted by Gasteiger charge is 2.10. The van der Waals surface area contributed by atoms with Gasteiger partial charge in [0.1, 0.15) is 6.42 Å². The molecule has 0 aliphatic carbocycles. The highest BCUT2D eigenvalue weighted by molar-refractivity contribution is 6.05. The van der Waals surface area contributed by atoms with Gasteiger partial charge in [-0.05, 0) is 29.5 Å². The summed E-state index contributed by atoms with van der Waals surface area (Å²) < 4.78 is 0. The van der Waals surface area contributed by atoms with Gasteiger partial charge in [0.15, 0.2) is 5.78 Å². The maximum absolute atomic E-state index is 11.8. The number of rotatable bonds is 11. The van der Waals surface area contributed by atoms with Crippen LogP contribution >= 0.6 is 0 Å². The largest absolute Gasteiger partial charge is 0.481 e. The van der Waals surface area contributed by atoms with E-state index in [0.717, 1.165) is 17.5 Å². The SMILES string of the molecule is CCCCCCCCc1ccc(-c2ccc(C(=O)CC(=O)O)cc2)cc1. The van der Waals surface area contributed by atoms with Gasteiger partial charge in [-0.2, -0.15) is 0 Å². The Labute approximate surface area is 156 Å². The molecule has 3 heteroatoms. The minimum atomic E-state index is -1.10. The van der Waals surface area contributed by atoms with E-state index in [2.05, 4.69) is 31.2 Å². The molecule has 26 heavy (non-hydrogen) atoms. The standard InChI is InChI=1S/C23H28O3/c1-2-3-4-5-6-7-8-18-9-11-19(12-10-18)20-13-15-21(16-14-20)22(24)17-23(25)26/h9-16H,2-8,17H2,1H3,(H,25,26). The number of carbonyl (C=O) groups is 2. The van der Waals surface area contributed by atoms with Gasteiger partial charge in [-0.3, -0.25) is 9.59 Å². The molecular formula is C23H28O3. The average molecular weight is 352 g/mol. The minimum absolute atomic E-state index is 0.363. The molecular weight excluding hydrogens is 324 g/mol. The summed E-state index contributed by atoms with van der Waals surface area (Å²) in [6.07, 6.45) is 8.50. The van der Waals surface area contributed by atoms with Crippen LogP contribution in [0.4, 0.5) is 0 Å². The number of aryl methyl sites for hydroxylation is 1. The first-order chi connectivity index (χ1) is 12.6. The van der Waals surface area contributed by atoms with E-state index in [-0.39, 0.29) is 5.78 Å². The van der Waals surface area contributed by atoms with Crippen LogP contribution in [0.5, 0.6) is 0 Å². The van der Waals surface area contributed by atoms with E-state index in [9.17, 15) is 9.59 Å². The molecule has 0 spiro atoms. The van der Waals surface area contributed by atoms with Crippen molar-refractivity contribution in [2.24, 2.45) is 0 Å². The van der Waals surface area contributed by atoms with Crippen LogP contribution in [0.1, 0.15) is 67.8 Å². The molecule has 3 nitrogen and oxygen atoms in total. The number of hydrogen-bond donors (Lipinski definition) is 1. The first kappa shape index (κ1) is 19.9. The molecule has 0 saturated carbocycles. The van der Waals surface area contributed by atoms with Crippen molar-refractivity contribution in [3.05, 3.63) is 59.7 Å². The maximum Gasteiger partial charge on any atom is 0.311 e. The summed E-state index contributed by atoms with van der Waals surface area (Å²) in [5.41, 5.74) is 3.94. The molecule has 2 aromatic carbocycles. The fourth-order valence-electron chi connectivity index (χ4n) is 3.06. The third kappa shape index (κ3) is 6.47. The third-order valence-electron chi connectivity index (χ3n) is 4.62. The second kappa shape index (κ2) is 10.5. The van der Waals surface area contributed by atoms with Gasteiger partial charge in [-0.1, -0.05) is 87.6 Å². The first-order valence-electron chi connectivity index (χ1n) is 9.54. The van der Waals surface area contributed by atoms with Crippen molar-refractivity contribution in [3.63, 3.8) is 0 Å². The Bertz CT molecular complexity index is 699. The van der Waals surface area contributed by atoms with Crippen LogP contribution in [0.2, 0.25) is 0 Å². The number of carboxylic acids is 1.